The molecule has 0 aromatic rings. The highest BCUT2D eigenvalue weighted by Gasteiger charge is 2.36. The van der Waals surface area contributed by atoms with Crippen LogP contribution in [0.1, 0.15) is 20.3 Å². The lowest BCUT2D eigenvalue weighted by atomic mass is 9.51. The molecule has 1 rings (SSSR count). The molecular formula is C8H15B2O6P-. The molecule has 0 aromatic carbocycles. The van der Waals surface area contributed by atoms with Crippen LogP contribution in [0.4, 0.5) is 0 Å². The van der Waals surface area contributed by atoms with Gasteiger partial charge in [0.2, 0.25) is 0 Å². The molecule has 6 nitrogen and oxygen atoms in total. The molecule has 1 saturated heterocycles. The summed E-state index contributed by atoms with van der Waals surface area (Å²) < 4.78 is 26.0. The normalized spacial score (nSPS) is 32.6. The third kappa shape index (κ3) is 5.55. The third-order valence-electron chi connectivity index (χ3n) is 2.31. The van der Waals surface area contributed by atoms with Crippen LogP contribution in [0.3, 0.4) is 0 Å². The maximum absolute atomic E-state index is 10.7. The summed E-state index contributed by atoms with van der Waals surface area (Å²) in [6.45, 7) is 3.89. The molecule has 1 aliphatic heterocycles. The van der Waals surface area contributed by atoms with Gasteiger partial charge in [-0.15, -0.1) is 0 Å². The first-order valence-electron chi connectivity index (χ1n) is 5.36. The van der Waals surface area contributed by atoms with Crippen LogP contribution in [-0.4, -0.2) is 50.7 Å². The summed E-state index contributed by atoms with van der Waals surface area (Å²) in [7, 11) is 1.86. The zero-order chi connectivity index (χ0) is 13.1. The second kappa shape index (κ2) is 6.36. The molecule has 0 aromatic heterocycles. The first kappa shape index (κ1) is 15.2. The van der Waals surface area contributed by atoms with Crippen LogP contribution < -0.4 is 4.89 Å². The van der Waals surface area contributed by atoms with Crippen LogP contribution in [0.5, 0.6) is 0 Å². The van der Waals surface area contributed by atoms with Gasteiger partial charge in [0.05, 0.1) is 26.0 Å². The lowest BCUT2D eigenvalue weighted by Crippen LogP contribution is -2.31. The van der Waals surface area contributed by atoms with Crippen molar-refractivity contribution in [2.75, 3.05) is 6.61 Å². The standard InChI is InChI=1S/C8H16B2O6P/c1-5(2)14-4-7-6(16-17(11,12)13)3-8(10-9)15-7/h5-8H,3-4H2,1-2H3,(H2,11,12,13)/p-1/t6?,7-,8-/m1/s1. The number of phosphoric ester groups is 1. The van der Waals surface area contributed by atoms with Crippen LogP contribution in [0.2, 0.25) is 0 Å². The molecule has 1 heterocycles. The molecule has 0 spiro atoms. The quantitative estimate of drug-likeness (QED) is 0.494. The van der Waals surface area contributed by atoms with Gasteiger partial charge in [-0.05, 0) is 20.3 Å². The lowest BCUT2D eigenvalue weighted by Gasteiger charge is -2.24. The van der Waals surface area contributed by atoms with Gasteiger partial charge in [0.15, 0.2) is 0 Å². The molecule has 0 aliphatic carbocycles. The fraction of sp³-hybridized carbons (Fsp3) is 1.00. The van der Waals surface area contributed by atoms with Crippen LogP contribution in [0, 0.1) is 0 Å². The molecular weight excluding hydrogens is 245 g/mol. The Kier molecular flexibility index (Phi) is 5.70. The van der Waals surface area contributed by atoms with Crippen molar-refractivity contribution in [1.82, 2.24) is 0 Å². The largest absolute Gasteiger partial charge is 0.756 e. The summed E-state index contributed by atoms with van der Waals surface area (Å²) in [5.41, 5.74) is 0. The summed E-state index contributed by atoms with van der Waals surface area (Å²) in [5.74, 6) is 0. The molecule has 4 atom stereocenters. The van der Waals surface area contributed by atoms with Gasteiger partial charge in [0.25, 0.3) is 7.82 Å². The van der Waals surface area contributed by atoms with Gasteiger partial charge in [0, 0.05) is 13.7 Å². The summed E-state index contributed by atoms with van der Waals surface area (Å²) in [5, 5.41) is 0. The minimum atomic E-state index is -4.78. The van der Waals surface area contributed by atoms with Crippen molar-refractivity contribution in [1.29, 1.82) is 0 Å². The second-order valence-corrected chi connectivity index (χ2v) is 5.28. The monoisotopic (exact) mass is 260 g/mol. The van der Waals surface area contributed by atoms with E-state index in [0.717, 1.165) is 0 Å². The van der Waals surface area contributed by atoms with Crippen molar-refractivity contribution >= 4 is 22.7 Å². The molecule has 1 N–H and O–H groups in total. The van der Waals surface area contributed by atoms with Crippen LogP contribution in [0.25, 0.3) is 0 Å². The van der Waals surface area contributed by atoms with Gasteiger partial charge in [-0.2, -0.15) is 0 Å². The fourth-order valence-corrected chi connectivity index (χ4v) is 2.15. The van der Waals surface area contributed by atoms with Crippen molar-refractivity contribution in [2.24, 2.45) is 0 Å². The van der Waals surface area contributed by atoms with E-state index in [-0.39, 0.29) is 19.1 Å². The van der Waals surface area contributed by atoms with Crippen LogP contribution >= 0.6 is 7.82 Å². The van der Waals surface area contributed by atoms with E-state index < -0.39 is 26.0 Å². The Morgan fingerprint density at radius 3 is 2.82 bits per heavy atom. The predicted molar refractivity (Wildman–Crippen MR) is 60.6 cm³/mol. The number of phosphoric acid groups is 1. The highest BCUT2D eigenvalue weighted by Crippen LogP contribution is 2.38. The smallest absolute Gasteiger partial charge is 0.265 e. The molecule has 95 valence electrons. The number of hydrogen-bond acceptors (Lipinski definition) is 5. The van der Waals surface area contributed by atoms with Gasteiger partial charge < -0.3 is 23.8 Å². The Bertz CT molecular complexity index is 283. The average molecular weight is 260 g/mol. The Balaban J connectivity index is 2.54. The Labute approximate surface area is 103 Å². The van der Waals surface area contributed by atoms with Crippen molar-refractivity contribution in [2.45, 2.75) is 44.6 Å². The molecule has 2 unspecified atom stereocenters. The van der Waals surface area contributed by atoms with Gasteiger partial charge in [-0.3, -0.25) is 4.57 Å². The van der Waals surface area contributed by atoms with Crippen LogP contribution in [-0.2, 0) is 18.6 Å². The maximum Gasteiger partial charge on any atom is 0.265 e. The van der Waals surface area contributed by atoms with Crippen molar-refractivity contribution < 1.29 is 28.3 Å². The molecule has 1 aliphatic rings. The molecule has 0 bridgehead atoms. The number of rotatable bonds is 6. The first-order valence-corrected chi connectivity index (χ1v) is 6.85. The zero-order valence-electron chi connectivity index (χ0n) is 9.81. The van der Waals surface area contributed by atoms with E-state index in [1.54, 1.807) is 0 Å². The van der Waals surface area contributed by atoms with Gasteiger partial charge in [-0.25, -0.2) is 0 Å². The van der Waals surface area contributed by atoms with E-state index in [1.807, 2.05) is 13.8 Å². The van der Waals surface area contributed by atoms with Crippen molar-refractivity contribution in [3.05, 3.63) is 0 Å². The van der Waals surface area contributed by atoms with E-state index in [0.29, 0.717) is 0 Å². The summed E-state index contributed by atoms with van der Waals surface area (Å²) in [4.78, 5) is 19.4. The predicted octanol–water partition coefficient (Wildman–Crippen LogP) is -0.840. The molecule has 0 saturated carbocycles. The molecule has 9 heteroatoms. The van der Waals surface area contributed by atoms with Crippen molar-refractivity contribution in [3.8, 4) is 0 Å². The fourth-order valence-electron chi connectivity index (χ4n) is 1.59. The van der Waals surface area contributed by atoms with Gasteiger partial charge in [0.1, 0.15) is 6.10 Å². The Hall–Kier alpha value is 0.160. The highest BCUT2D eigenvalue weighted by molar-refractivity contribution is 7.44. The Morgan fingerprint density at radius 2 is 2.35 bits per heavy atom. The average Bonchev–Trinajstić information content (AvgIpc) is 2.55. The minimum absolute atomic E-state index is 0.00617. The molecule has 0 amide bonds. The van der Waals surface area contributed by atoms with Crippen LogP contribution in [0.15, 0.2) is 0 Å². The number of ether oxygens (including phenoxy) is 2. The zero-order valence-corrected chi connectivity index (χ0v) is 10.7. The van der Waals surface area contributed by atoms with E-state index in [4.69, 9.17) is 22.1 Å². The Morgan fingerprint density at radius 1 is 1.71 bits per heavy atom. The van der Waals surface area contributed by atoms with E-state index >= 15 is 0 Å². The van der Waals surface area contributed by atoms with Gasteiger partial charge in [-0.1, -0.05) is 0 Å². The molecule has 17 heavy (non-hydrogen) atoms. The van der Waals surface area contributed by atoms with Gasteiger partial charge >= 0.3 is 0 Å². The summed E-state index contributed by atoms with van der Waals surface area (Å²) >= 11 is 0. The molecule has 1 fully saturated rings. The number of hydrogen-bond donors (Lipinski definition) is 1. The maximum atomic E-state index is 10.7. The van der Waals surface area contributed by atoms with E-state index in [9.17, 15) is 9.46 Å². The highest BCUT2D eigenvalue weighted by atomic mass is 31.2. The molecule has 3 radical (unpaired) electrons. The lowest BCUT2D eigenvalue weighted by molar-refractivity contribution is -0.226. The topological polar surface area (TPSA) is 88.1 Å². The minimum Gasteiger partial charge on any atom is -0.756 e. The SMILES string of the molecule is [B][B][C@H]1CC(OP(=O)([O-])O)[C@@H](COC(C)C)O1. The summed E-state index contributed by atoms with van der Waals surface area (Å²) in [6.07, 6.45) is -1.06. The summed E-state index contributed by atoms with van der Waals surface area (Å²) in [6, 6.07) is -0.396. The second-order valence-electron chi connectivity index (χ2n) is 4.14. The van der Waals surface area contributed by atoms with E-state index in [2.05, 4.69) is 4.52 Å². The van der Waals surface area contributed by atoms with E-state index in [1.165, 1.54) is 7.17 Å². The third-order valence-corrected chi connectivity index (χ3v) is 2.84. The van der Waals surface area contributed by atoms with Crippen molar-refractivity contribution in [3.63, 3.8) is 0 Å². The first-order chi connectivity index (χ1) is 7.81.